The molecule has 0 fully saturated rings. The molecule has 0 aromatic heterocycles. The third kappa shape index (κ3) is 4.74. The summed E-state index contributed by atoms with van der Waals surface area (Å²) in [6.45, 7) is 0. The van der Waals surface area contributed by atoms with Crippen molar-refractivity contribution in [1.29, 1.82) is 0 Å². The summed E-state index contributed by atoms with van der Waals surface area (Å²) in [6, 6.07) is 0. The number of halogens is 6. The Morgan fingerprint density at radius 2 is 0.929 bits per heavy atom. The molecule has 0 aromatic carbocycles. The molecule has 0 aliphatic rings. The Morgan fingerprint density at radius 1 is 0.714 bits per heavy atom. The van der Waals surface area contributed by atoms with Crippen LogP contribution in [0.15, 0.2) is 10.8 Å². The van der Waals surface area contributed by atoms with Gasteiger partial charge in [-0.3, -0.25) is 0 Å². The minimum absolute atomic E-state index is 0.302. The highest BCUT2D eigenvalue weighted by molar-refractivity contribution is 7.92. The van der Waals surface area contributed by atoms with Crippen molar-refractivity contribution in [2.24, 2.45) is 0 Å². The fourth-order valence-corrected chi connectivity index (χ4v) is 1.37. The molecule has 14 heavy (non-hydrogen) atoms. The van der Waals surface area contributed by atoms with Crippen LogP contribution < -0.4 is 0 Å². The van der Waals surface area contributed by atoms with Gasteiger partial charge in [0.15, 0.2) is 21.6 Å². The number of hydrogen-bond donors (Lipinski definition) is 0. The molecular weight excluding hydrogens is 258 g/mol. The lowest BCUT2D eigenvalue weighted by molar-refractivity contribution is -0.0386. The SMILES string of the molecule is O=S(/C=C/S(=O)C(F)(F)F)C(F)(F)F. The molecular formula is C4H2F6O2S2. The van der Waals surface area contributed by atoms with E-state index in [1.54, 1.807) is 0 Å². The zero-order valence-electron chi connectivity index (χ0n) is 6.06. The minimum Gasteiger partial charge on any atom is -0.246 e. The predicted molar refractivity (Wildman–Crippen MR) is 37.5 cm³/mol. The van der Waals surface area contributed by atoms with Gasteiger partial charge in [-0.2, -0.15) is 26.3 Å². The maximum atomic E-state index is 11.5. The van der Waals surface area contributed by atoms with Gasteiger partial charge >= 0.3 is 11.0 Å². The molecule has 0 N–H and O–H groups in total. The van der Waals surface area contributed by atoms with E-state index in [0.717, 1.165) is 0 Å². The monoisotopic (exact) mass is 260 g/mol. The van der Waals surface area contributed by atoms with Crippen molar-refractivity contribution in [3.8, 4) is 0 Å². The number of alkyl halides is 6. The predicted octanol–water partition coefficient (Wildman–Crippen LogP) is 1.99. The molecule has 2 atom stereocenters. The molecule has 0 bridgehead atoms. The molecule has 2 nitrogen and oxygen atoms in total. The van der Waals surface area contributed by atoms with E-state index in [-0.39, 0.29) is 10.8 Å². The first-order valence-corrected chi connectivity index (χ1v) is 5.11. The Kier molecular flexibility index (Phi) is 4.31. The summed E-state index contributed by atoms with van der Waals surface area (Å²) in [7, 11) is -7.13. The summed E-state index contributed by atoms with van der Waals surface area (Å²) in [6.07, 6.45) is 0. The van der Waals surface area contributed by atoms with Crippen LogP contribution >= 0.6 is 0 Å². The molecule has 84 valence electrons. The quantitative estimate of drug-likeness (QED) is 0.711. The van der Waals surface area contributed by atoms with E-state index in [1.165, 1.54) is 0 Å². The summed E-state index contributed by atoms with van der Waals surface area (Å²) in [5.74, 6) is 0. The molecule has 0 aliphatic carbocycles. The molecule has 0 saturated heterocycles. The van der Waals surface area contributed by atoms with E-state index >= 15 is 0 Å². The maximum absolute atomic E-state index is 11.5. The van der Waals surface area contributed by atoms with E-state index in [9.17, 15) is 34.8 Å². The van der Waals surface area contributed by atoms with Crippen LogP contribution in [0.4, 0.5) is 26.3 Å². The smallest absolute Gasteiger partial charge is 0.246 e. The third-order valence-corrected chi connectivity index (χ3v) is 2.61. The van der Waals surface area contributed by atoms with Crippen molar-refractivity contribution in [1.82, 2.24) is 0 Å². The van der Waals surface area contributed by atoms with E-state index in [1.807, 2.05) is 0 Å². The van der Waals surface area contributed by atoms with Crippen LogP contribution in [0.1, 0.15) is 0 Å². The van der Waals surface area contributed by atoms with Crippen molar-refractivity contribution in [2.75, 3.05) is 0 Å². The summed E-state index contributed by atoms with van der Waals surface area (Å²) >= 11 is 0. The van der Waals surface area contributed by atoms with Crippen molar-refractivity contribution >= 4 is 21.6 Å². The third-order valence-electron chi connectivity index (χ3n) is 0.759. The molecule has 0 amide bonds. The second-order valence-electron chi connectivity index (χ2n) is 1.76. The highest BCUT2D eigenvalue weighted by atomic mass is 32.2. The topological polar surface area (TPSA) is 34.1 Å². The van der Waals surface area contributed by atoms with Gasteiger partial charge in [-0.05, 0) is 0 Å². The highest BCUT2D eigenvalue weighted by Crippen LogP contribution is 2.23. The first kappa shape index (κ1) is 13.6. The van der Waals surface area contributed by atoms with Crippen molar-refractivity contribution in [3.05, 3.63) is 10.8 Å². The van der Waals surface area contributed by atoms with Crippen LogP contribution in [0.5, 0.6) is 0 Å². The van der Waals surface area contributed by atoms with Gasteiger partial charge in [-0.25, -0.2) is 8.42 Å². The first-order chi connectivity index (χ1) is 6.05. The van der Waals surface area contributed by atoms with Crippen LogP contribution in [0.25, 0.3) is 0 Å². The fourth-order valence-electron chi connectivity index (χ4n) is 0.255. The van der Waals surface area contributed by atoms with Crippen molar-refractivity contribution < 1.29 is 34.8 Å². The summed E-state index contributed by atoms with van der Waals surface area (Å²) in [5.41, 5.74) is -10.3. The van der Waals surface area contributed by atoms with Gasteiger partial charge in [-0.1, -0.05) is 0 Å². The molecule has 0 aliphatic heterocycles. The normalized spacial score (nSPS) is 18.4. The lowest BCUT2D eigenvalue weighted by Gasteiger charge is -2.02. The molecule has 2 unspecified atom stereocenters. The summed E-state index contributed by atoms with van der Waals surface area (Å²) in [5, 5.41) is -0.604. The van der Waals surface area contributed by atoms with Crippen molar-refractivity contribution in [2.45, 2.75) is 11.0 Å². The Morgan fingerprint density at radius 3 is 1.07 bits per heavy atom. The Hall–Kier alpha value is -0.380. The second-order valence-corrected chi connectivity index (χ2v) is 4.42. The second kappa shape index (κ2) is 4.43. The van der Waals surface area contributed by atoms with Crippen LogP contribution in [0.2, 0.25) is 0 Å². The molecule has 0 spiro atoms. The Bertz CT molecular complexity index is 249. The van der Waals surface area contributed by atoms with E-state index in [0.29, 0.717) is 0 Å². The highest BCUT2D eigenvalue weighted by Gasteiger charge is 2.38. The van der Waals surface area contributed by atoms with Crippen LogP contribution in [-0.4, -0.2) is 19.4 Å². The summed E-state index contributed by atoms with van der Waals surface area (Å²) < 4.78 is 89.0. The van der Waals surface area contributed by atoms with Gasteiger partial charge in [0.1, 0.15) is 0 Å². The van der Waals surface area contributed by atoms with Gasteiger partial charge in [0.25, 0.3) is 0 Å². The average molecular weight is 260 g/mol. The van der Waals surface area contributed by atoms with E-state index < -0.39 is 32.6 Å². The first-order valence-electron chi connectivity index (χ1n) is 2.68. The zero-order valence-corrected chi connectivity index (χ0v) is 7.69. The molecule has 0 heterocycles. The molecule has 10 heteroatoms. The van der Waals surface area contributed by atoms with Gasteiger partial charge in [0, 0.05) is 10.8 Å². The van der Waals surface area contributed by atoms with Crippen LogP contribution in [-0.2, 0) is 21.6 Å². The Labute approximate surface area is 78.9 Å². The van der Waals surface area contributed by atoms with Gasteiger partial charge in [0.2, 0.25) is 0 Å². The standard InChI is InChI=1S/C4H2F6O2S2/c5-3(6,7)13(11)1-2-14(12)4(8,9)10/h1-2H/b2-1+. The number of rotatable bonds is 2. The molecule has 0 aromatic rings. The molecule has 0 saturated carbocycles. The minimum atomic E-state index is -5.15. The van der Waals surface area contributed by atoms with Gasteiger partial charge < -0.3 is 0 Å². The lowest BCUT2D eigenvalue weighted by atomic mass is 11.2. The van der Waals surface area contributed by atoms with Gasteiger partial charge in [0.05, 0.1) is 0 Å². The molecule has 0 rings (SSSR count). The number of hydrogen-bond acceptors (Lipinski definition) is 2. The molecule has 0 radical (unpaired) electrons. The van der Waals surface area contributed by atoms with E-state index in [2.05, 4.69) is 0 Å². The van der Waals surface area contributed by atoms with Gasteiger partial charge in [-0.15, -0.1) is 0 Å². The maximum Gasteiger partial charge on any atom is 0.475 e. The fraction of sp³-hybridized carbons (Fsp3) is 0.500. The average Bonchev–Trinajstić information content (AvgIpc) is 1.95. The van der Waals surface area contributed by atoms with Crippen molar-refractivity contribution in [3.63, 3.8) is 0 Å². The Balaban J connectivity index is 4.49. The van der Waals surface area contributed by atoms with E-state index in [4.69, 9.17) is 0 Å². The largest absolute Gasteiger partial charge is 0.475 e. The van der Waals surface area contributed by atoms with Crippen LogP contribution in [0, 0.1) is 0 Å². The lowest BCUT2D eigenvalue weighted by Crippen LogP contribution is -2.16. The zero-order chi connectivity index (χ0) is 11.6. The van der Waals surface area contributed by atoms with Crippen LogP contribution in [0.3, 0.4) is 0 Å². The summed E-state index contributed by atoms with van der Waals surface area (Å²) in [4.78, 5) is 0.